The number of benzene rings is 1. The second-order valence-electron chi connectivity index (χ2n) is 4.26. The van der Waals surface area contributed by atoms with Crippen LogP contribution in [0, 0.1) is 10.1 Å². The predicted molar refractivity (Wildman–Crippen MR) is 79.7 cm³/mol. The van der Waals surface area contributed by atoms with Gasteiger partial charge < -0.3 is 9.47 Å². The van der Waals surface area contributed by atoms with Crippen LogP contribution in [0.15, 0.2) is 35.6 Å². The normalized spacial score (nSPS) is 12.6. The van der Waals surface area contributed by atoms with Crippen LogP contribution in [0.3, 0.4) is 0 Å². The van der Waals surface area contributed by atoms with Crippen LogP contribution in [-0.2, 0) is 0 Å². The number of fused-ring (bicyclic) bond motifs is 1. The molecule has 0 spiro atoms. The minimum atomic E-state index is -0.521. The van der Waals surface area contributed by atoms with Gasteiger partial charge in [-0.1, -0.05) is 11.6 Å². The van der Waals surface area contributed by atoms with Crippen molar-refractivity contribution in [2.24, 2.45) is 5.10 Å². The fourth-order valence-electron chi connectivity index (χ4n) is 1.76. The maximum atomic E-state index is 10.5. The molecule has 1 aromatic carbocycles. The summed E-state index contributed by atoms with van der Waals surface area (Å²) in [6.07, 6.45) is 2.64. The van der Waals surface area contributed by atoms with Gasteiger partial charge in [-0.15, -0.1) is 0 Å². The van der Waals surface area contributed by atoms with E-state index in [0.717, 1.165) is 6.20 Å². The summed E-state index contributed by atoms with van der Waals surface area (Å²) in [6, 6.07) is 6.14. The average molecular weight is 321 g/mol. The van der Waals surface area contributed by atoms with Crippen molar-refractivity contribution in [3.63, 3.8) is 0 Å². The van der Waals surface area contributed by atoms with Crippen molar-refractivity contribution in [1.82, 2.24) is 4.98 Å². The van der Waals surface area contributed by atoms with E-state index in [1.165, 1.54) is 18.3 Å². The SMILES string of the molecule is O=[N+]([O-])c1ccc(N/N=C/c2cc3c(cc2Cl)OCO3)nc1. The number of anilines is 1. The van der Waals surface area contributed by atoms with Crippen LogP contribution in [0.2, 0.25) is 5.02 Å². The van der Waals surface area contributed by atoms with E-state index in [1.54, 1.807) is 12.1 Å². The van der Waals surface area contributed by atoms with Crippen molar-refractivity contribution in [2.45, 2.75) is 0 Å². The van der Waals surface area contributed by atoms with Crippen molar-refractivity contribution < 1.29 is 14.4 Å². The Labute approximate surface area is 129 Å². The number of hydrogen-bond acceptors (Lipinski definition) is 7. The zero-order chi connectivity index (χ0) is 15.5. The van der Waals surface area contributed by atoms with E-state index in [1.807, 2.05) is 0 Å². The maximum Gasteiger partial charge on any atom is 0.287 e. The van der Waals surface area contributed by atoms with Crippen LogP contribution in [0.25, 0.3) is 0 Å². The Morgan fingerprint density at radius 2 is 2.14 bits per heavy atom. The van der Waals surface area contributed by atoms with E-state index in [-0.39, 0.29) is 12.5 Å². The monoisotopic (exact) mass is 320 g/mol. The highest BCUT2D eigenvalue weighted by atomic mass is 35.5. The fraction of sp³-hybridized carbons (Fsp3) is 0.0769. The Bertz CT molecular complexity index is 748. The molecule has 8 nitrogen and oxygen atoms in total. The van der Waals surface area contributed by atoms with Gasteiger partial charge >= 0.3 is 0 Å². The Balaban J connectivity index is 1.71. The van der Waals surface area contributed by atoms with Crippen LogP contribution in [0.1, 0.15) is 5.56 Å². The number of hydrogen-bond donors (Lipinski definition) is 1. The predicted octanol–water partition coefficient (Wildman–Crippen LogP) is 2.82. The molecular formula is C13H9ClN4O4. The highest BCUT2D eigenvalue weighted by Gasteiger charge is 2.15. The lowest BCUT2D eigenvalue weighted by atomic mass is 10.2. The Kier molecular flexibility index (Phi) is 3.75. The molecule has 0 radical (unpaired) electrons. The molecule has 3 rings (SSSR count). The van der Waals surface area contributed by atoms with E-state index >= 15 is 0 Å². The van der Waals surface area contributed by atoms with Crippen LogP contribution in [0.4, 0.5) is 11.5 Å². The summed E-state index contributed by atoms with van der Waals surface area (Å²) in [4.78, 5) is 13.9. The van der Waals surface area contributed by atoms with Crippen molar-refractivity contribution in [1.29, 1.82) is 0 Å². The molecule has 2 heterocycles. The number of nitrogens with zero attached hydrogens (tertiary/aromatic N) is 3. The number of halogens is 1. The molecule has 0 atom stereocenters. The van der Waals surface area contributed by atoms with Crippen LogP contribution in [0.5, 0.6) is 11.5 Å². The summed E-state index contributed by atoms with van der Waals surface area (Å²) >= 11 is 6.10. The second-order valence-corrected chi connectivity index (χ2v) is 4.66. The number of nitrogens with one attached hydrogen (secondary N) is 1. The van der Waals surface area contributed by atoms with Crippen LogP contribution < -0.4 is 14.9 Å². The average Bonchev–Trinajstić information content (AvgIpc) is 2.95. The summed E-state index contributed by atoms with van der Waals surface area (Å²) < 4.78 is 10.5. The van der Waals surface area contributed by atoms with Gasteiger partial charge in [0, 0.05) is 17.7 Å². The summed E-state index contributed by atoms with van der Waals surface area (Å²) in [5.74, 6) is 1.56. The summed E-state index contributed by atoms with van der Waals surface area (Å²) in [7, 11) is 0. The first kappa shape index (κ1) is 14.1. The van der Waals surface area contributed by atoms with Gasteiger partial charge in [-0.3, -0.25) is 15.5 Å². The number of ether oxygens (including phenoxy) is 2. The number of rotatable bonds is 4. The van der Waals surface area contributed by atoms with Gasteiger partial charge in [-0.2, -0.15) is 5.10 Å². The third kappa shape index (κ3) is 2.91. The topological polar surface area (TPSA) is 98.9 Å². The molecule has 0 saturated heterocycles. The highest BCUT2D eigenvalue weighted by Crippen LogP contribution is 2.36. The van der Waals surface area contributed by atoms with Gasteiger partial charge in [-0.05, 0) is 12.1 Å². The van der Waals surface area contributed by atoms with E-state index in [2.05, 4.69) is 15.5 Å². The molecule has 9 heteroatoms. The number of nitro groups is 1. The van der Waals surface area contributed by atoms with Gasteiger partial charge in [-0.25, -0.2) is 4.98 Å². The number of hydrazone groups is 1. The molecule has 1 N–H and O–H groups in total. The summed E-state index contributed by atoms with van der Waals surface area (Å²) in [6.45, 7) is 0.164. The lowest BCUT2D eigenvalue weighted by molar-refractivity contribution is -0.385. The van der Waals surface area contributed by atoms with Crippen molar-refractivity contribution in [2.75, 3.05) is 12.2 Å². The summed E-state index contributed by atoms with van der Waals surface area (Å²) in [5.41, 5.74) is 3.21. The second kappa shape index (κ2) is 5.86. The molecule has 0 unspecified atom stereocenters. The van der Waals surface area contributed by atoms with Gasteiger partial charge in [0.1, 0.15) is 12.0 Å². The standard InChI is InChI=1S/C13H9ClN4O4/c14-10-4-12-11(21-7-22-12)3-8(10)5-16-17-13-2-1-9(6-15-13)18(19)20/h1-6H,7H2,(H,15,17)/b16-5+. The van der Waals surface area contributed by atoms with Crippen LogP contribution >= 0.6 is 11.6 Å². The third-order valence-electron chi connectivity index (χ3n) is 2.83. The molecule has 0 bridgehead atoms. The van der Waals surface area contributed by atoms with Gasteiger partial charge in [0.05, 0.1) is 16.2 Å². The summed E-state index contributed by atoms with van der Waals surface area (Å²) in [5, 5.41) is 15.0. The molecule has 1 aliphatic heterocycles. The van der Waals surface area contributed by atoms with Gasteiger partial charge in [0.2, 0.25) is 6.79 Å². The first-order chi connectivity index (χ1) is 10.6. The van der Waals surface area contributed by atoms with Gasteiger partial charge in [0.25, 0.3) is 5.69 Å². The molecular weight excluding hydrogens is 312 g/mol. The van der Waals surface area contributed by atoms with Crippen molar-refractivity contribution in [3.8, 4) is 11.5 Å². The molecule has 0 amide bonds. The molecule has 1 aliphatic rings. The molecule has 0 fully saturated rings. The third-order valence-corrected chi connectivity index (χ3v) is 3.16. The minimum absolute atomic E-state index is 0.0895. The molecule has 0 aliphatic carbocycles. The fourth-order valence-corrected chi connectivity index (χ4v) is 1.96. The molecule has 0 saturated carbocycles. The number of pyridine rings is 1. The van der Waals surface area contributed by atoms with E-state index in [9.17, 15) is 10.1 Å². The smallest absolute Gasteiger partial charge is 0.287 e. The highest BCUT2D eigenvalue weighted by molar-refractivity contribution is 6.33. The zero-order valence-corrected chi connectivity index (χ0v) is 11.8. The first-order valence-corrected chi connectivity index (χ1v) is 6.50. The van der Waals surface area contributed by atoms with Crippen molar-refractivity contribution >= 4 is 29.3 Å². The lowest BCUT2D eigenvalue weighted by Crippen LogP contribution is -1.95. The van der Waals surface area contributed by atoms with E-state index in [0.29, 0.717) is 27.9 Å². The van der Waals surface area contributed by atoms with E-state index in [4.69, 9.17) is 21.1 Å². The number of aromatic nitrogens is 1. The zero-order valence-electron chi connectivity index (χ0n) is 11.0. The molecule has 22 heavy (non-hydrogen) atoms. The quantitative estimate of drug-likeness (QED) is 0.528. The van der Waals surface area contributed by atoms with Crippen molar-refractivity contribution in [3.05, 3.63) is 51.2 Å². The molecule has 1 aromatic heterocycles. The maximum absolute atomic E-state index is 10.5. The van der Waals surface area contributed by atoms with Crippen LogP contribution in [-0.4, -0.2) is 22.9 Å². The molecule has 2 aromatic rings. The first-order valence-electron chi connectivity index (χ1n) is 6.12. The Morgan fingerprint density at radius 1 is 1.36 bits per heavy atom. The van der Waals surface area contributed by atoms with E-state index < -0.39 is 4.92 Å². The minimum Gasteiger partial charge on any atom is -0.454 e. The Hall–Kier alpha value is -2.87. The Morgan fingerprint density at radius 3 is 2.82 bits per heavy atom. The largest absolute Gasteiger partial charge is 0.454 e. The van der Waals surface area contributed by atoms with Gasteiger partial charge in [0.15, 0.2) is 11.5 Å². The lowest BCUT2D eigenvalue weighted by Gasteiger charge is -2.02. The molecule has 112 valence electrons.